The van der Waals surface area contributed by atoms with E-state index in [0.29, 0.717) is 0 Å². The van der Waals surface area contributed by atoms with Gasteiger partial charge >= 0.3 is 0 Å². The van der Waals surface area contributed by atoms with Gasteiger partial charge in [0.05, 0.1) is 18.3 Å². The zero-order chi connectivity index (χ0) is 14.5. The Bertz CT molecular complexity index is 625. The average Bonchev–Trinajstić information content (AvgIpc) is 3.08. The van der Waals surface area contributed by atoms with Gasteiger partial charge in [0.25, 0.3) is 0 Å². The standard InChI is InChI=1S/C17H19N3O/c21-12-17(13-5-2-1-3-6-13)20-15-9-14(10-18-11-15)16-7-4-8-19-16/h1-3,5-7,9-11,17,19-21H,4,8,12H2. The van der Waals surface area contributed by atoms with Gasteiger partial charge in [-0.15, -0.1) is 0 Å². The van der Waals surface area contributed by atoms with Gasteiger partial charge in [0.1, 0.15) is 0 Å². The predicted molar refractivity (Wildman–Crippen MR) is 84.7 cm³/mol. The van der Waals surface area contributed by atoms with Crippen molar-refractivity contribution in [3.05, 3.63) is 66.0 Å². The lowest BCUT2D eigenvalue weighted by Gasteiger charge is -2.18. The molecule has 21 heavy (non-hydrogen) atoms. The Hall–Kier alpha value is -2.33. The third-order valence-electron chi connectivity index (χ3n) is 3.58. The van der Waals surface area contributed by atoms with E-state index >= 15 is 0 Å². The number of rotatable bonds is 5. The summed E-state index contributed by atoms with van der Waals surface area (Å²) in [5.74, 6) is 0. The molecule has 0 bridgehead atoms. The van der Waals surface area contributed by atoms with Gasteiger partial charge in [-0.05, 0) is 18.1 Å². The van der Waals surface area contributed by atoms with Crippen LogP contribution < -0.4 is 10.6 Å². The van der Waals surface area contributed by atoms with E-state index in [0.717, 1.165) is 35.5 Å². The van der Waals surface area contributed by atoms with Gasteiger partial charge in [0.15, 0.2) is 0 Å². The molecule has 1 aliphatic rings. The zero-order valence-corrected chi connectivity index (χ0v) is 11.8. The number of anilines is 1. The van der Waals surface area contributed by atoms with Crippen LogP contribution in [0.3, 0.4) is 0 Å². The first-order chi connectivity index (χ1) is 10.4. The number of aliphatic hydroxyl groups excluding tert-OH is 1. The normalized spacial score (nSPS) is 15.2. The Morgan fingerprint density at radius 2 is 2.10 bits per heavy atom. The van der Waals surface area contributed by atoms with Crippen LogP contribution in [-0.2, 0) is 0 Å². The van der Waals surface area contributed by atoms with Crippen LogP contribution in [0.25, 0.3) is 5.70 Å². The lowest BCUT2D eigenvalue weighted by atomic mass is 10.1. The van der Waals surface area contributed by atoms with Crippen LogP contribution in [0.2, 0.25) is 0 Å². The van der Waals surface area contributed by atoms with Crippen LogP contribution in [-0.4, -0.2) is 23.2 Å². The molecule has 108 valence electrons. The fourth-order valence-corrected chi connectivity index (χ4v) is 2.50. The maximum atomic E-state index is 9.61. The summed E-state index contributed by atoms with van der Waals surface area (Å²) in [7, 11) is 0. The van der Waals surface area contributed by atoms with Crippen molar-refractivity contribution in [2.24, 2.45) is 0 Å². The second-order valence-corrected chi connectivity index (χ2v) is 5.09. The third kappa shape index (κ3) is 3.23. The zero-order valence-electron chi connectivity index (χ0n) is 11.8. The molecule has 4 heteroatoms. The highest BCUT2D eigenvalue weighted by Crippen LogP contribution is 2.22. The van der Waals surface area contributed by atoms with Crippen molar-refractivity contribution in [2.45, 2.75) is 12.5 Å². The Morgan fingerprint density at radius 1 is 1.24 bits per heavy atom. The third-order valence-corrected chi connectivity index (χ3v) is 3.58. The molecule has 0 radical (unpaired) electrons. The summed E-state index contributed by atoms with van der Waals surface area (Å²) in [6.45, 7) is 1.02. The van der Waals surface area contributed by atoms with Crippen molar-refractivity contribution in [1.29, 1.82) is 0 Å². The van der Waals surface area contributed by atoms with Crippen molar-refractivity contribution >= 4 is 11.4 Å². The van der Waals surface area contributed by atoms with Crippen molar-refractivity contribution in [2.75, 3.05) is 18.5 Å². The first-order valence-electron chi connectivity index (χ1n) is 7.18. The monoisotopic (exact) mass is 281 g/mol. The molecule has 0 amide bonds. The number of nitrogens with zero attached hydrogens (tertiary/aromatic N) is 1. The van der Waals surface area contributed by atoms with Crippen LogP contribution in [0.1, 0.15) is 23.6 Å². The van der Waals surface area contributed by atoms with Crippen molar-refractivity contribution < 1.29 is 5.11 Å². The molecule has 3 rings (SSSR count). The van der Waals surface area contributed by atoms with Gasteiger partial charge in [0.2, 0.25) is 0 Å². The van der Waals surface area contributed by atoms with Gasteiger partial charge < -0.3 is 15.7 Å². The summed E-state index contributed by atoms with van der Waals surface area (Å²) in [5, 5.41) is 16.3. The van der Waals surface area contributed by atoms with Crippen LogP contribution in [0.5, 0.6) is 0 Å². The second-order valence-electron chi connectivity index (χ2n) is 5.09. The molecule has 2 aromatic rings. The minimum absolute atomic E-state index is 0.0369. The van der Waals surface area contributed by atoms with Gasteiger partial charge in [-0.1, -0.05) is 36.4 Å². The molecule has 3 N–H and O–H groups in total. The van der Waals surface area contributed by atoms with Crippen molar-refractivity contribution in [3.63, 3.8) is 0 Å². The van der Waals surface area contributed by atoms with E-state index in [2.05, 4.69) is 27.8 Å². The molecule has 1 aliphatic heterocycles. The lowest BCUT2D eigenvalue weighted by Crippen LogP contribution is -2.15. The summed E-state index contributed by atoms with van der Waals surface area (Å²) in [5.41, 5.74) is 4.17. The van der Waals surface area contributed by atoms with Crippen LogP contribution in [0.4, 0.5) is 5.69 Å². The molecular weight excluding hydrogens is 262 g/mol. The van der Waals surface area contributed by atoms with Gasteiger partial charge in [0, 0.05) is 30.2 Å². The fraction of sp³-hybridized carbons (Fsp3) is 0.235. The van der Waals surface area contributed by atoms with Crippen LogP contribution in [0, 0.1) is 0 Å². The van der Waals surface area contributed by atoms with Gasteiger partial charge in [-0.2, -0.15) is 0 Å². The number of benzene rings is 1. The maximum Gasteiger partial charge on any atom is 0.0745 e. The summed E-state index contributed by atoms with van der Waals surface area (Å²) in [4.78, 5) is 4.29. The topological polar surface area (TPSA) is 57.2 Å². The molecule has 0 fully saturated rings. The average molecular weight is 281 g/mol. The fourth-order valence-electron chi connectivity index (χ4n) is 2.50. The molecule has 0 spiro atoms. The molecule has 0 saturated heterocycles. The number of nitrogens with one attached hydrogen (secondary N) is 2. The number of aromatic nitrogens is 1. The number of aliphatic hydroxyl groups is 1. The molecule has 0 aliphatic carbocycles. The highest BCUT2D eigenvalue weighted by molar-refractivity contribution is 5.67. The molecular formula is C17H19N3O. The van der Waals surface area contributed by atoms with Crippen molar-refractivity contribution in [1.82, 2.24) is 10.3 Å². The Labute approximate surface area is 124 Å². The molecule has 0 saturated carbocycles. The Balaban J connectivity index is 1.79. The maximum absolute atomic E-state index is 9.61. The summed E-state index contributed by atoms with van der Waals surface area (Å²) in [6, 6.07) is 11.9. The van der Waals surface area contributed by atoms with E-state index in [1.54, 1.807) is 6.20 Å². The van der Waals surface area contributed by atoms with Crippen molar-refractivity contribution in [3.8, 4) is 0 Å². The molecule has 1 aromatic heterocycles. The van der Waals surface area contributed by atoms with Gasteiger partial charge in [-0.3, -0.25) is 4.98 Å². The highest BCUT2D eigenvalue weighted by atomic mass is 16.3. The number of hydrogen-bond acceptors (Lipinski definition) is 4. The lowest BCUT2D eigenvalue weighted by molar-refractivity contribution is 0.276. The minimum Gasteiger partial charge on any atom is -0.394 e. The highest BCUT2D eigenvalue weighted by Gasteiger charge is 2.11. The SMILES string of the molecule is OCC(Nc1cncc(C2=CCCN2)c1)c1ccccc1. The van der Waals surface area contributed by atoms with Gasteiger partial charge in [-0.25, -0.2) is 0 Å². The predicted octanol–water partition coefficient (Wildman–Crippen LogP) is 2.56. The summed E-state index contributed by atoms with van der Waals surface area (Å²) >= 11 is 0. The Kier molecular flexibility index (Phi) is 4.17. The van der Waals surface area contributed by atoms with E-state index in [1.807, 2.05) is 36.5 Å². The largest absolute Gasteiger partial charge is 0.394 e. The van der Waals surface area contributed by atoms with E-state index < -0.39 is 0 Å². The number of pyridine rings is 1. The minimum atomic E-state index is -0.131. The Morgan fingerprint density at radius 3 is 2.81 bits per heavy atom. The number of hydrogen-bond donors (Lipinski definition) is 3. The van der Waals surface area contributed by atoms with E-state index in [9.17, 15) is 5.11 Å². The molecule has 4 nitrogen and oxygen atoms in total. The van der Waals surface area contributed by atoms with E-state index in [1.165, 1.54) is 0 Å². The van der Waals surface area contributed by atoms with Crippen LogP contribution in [0.15, 0.2) is 54.9 Å². The smallest absolute Gasteiger partial charge is 0.0745 e. The molecule has 1 aromatic carbocycles. The quantitative estimate of drug-likeness (QED) is 0.788. The van der Waals surface area contributed by atoms with E-state index in [-0.39, 0.29) is 12.6 Å². The second kappa shape index (κ2) is 6.41. The molecule has 1 unspecified atom stereocenters. The summed E-state index contributed by atoms with van der Waals surface area (Å²) in [6.07, 6.45) is 6.87. The first kappa shape index (κ1) is 13.6. The molecule has 2 heterocycles. The van der Waals surface area contributed by atoms with Crippen LogP contribution >= 0.6 is 0 Å². The summed E-state index contributed by atoms with van der Waals surface area (Å²) < 4.78 is 0. The first-order valence-corrected chi connectivity index (χ1v) is 7.18. The molecule has 1 atom stereocenters. The van der Waals surface area contributed by atoms with E-state index in [4.69, 9.17) is 0 Å².